The molecule has 104 valence electrons. The van der Waals surface area contributed by atoms with E-state index in [-0.39, 0.29) is 5.78 Å². The van der Waals surface area contributed by atoms with Crippen LogP contribution in [0.2, 0.25) is 0 Å². The summed E-state index contributed by atoms with van der Waals surface area (Å²) in [6.07, 6.45) is 4.69. The Hall–Kier alpha value is -2.16. The molecular formula is C17H19NO2. The summed E-state index contributed by atoms with van der Waals surface area (Å²) in [5.41, 5.74) is 3.84. The SMILES string of the molecule is COc1cc(C)cc(C)c1C(=O)CCc1cccnc1. The van der Waals surface area contributed by atoms with Crippen molar-refractivity contribution >= 4 is 5.78 Å². The first-order valence-corrected chi connectivity index (χ1v) is 6.69. The number of rotatable bonds is 5. The molecule has 0 bridgehead atoms. The number of ketones is 1. The number of aromatic nitrogens is 1. The molecule has 2 aromatic rings. The molecule has 0 radical (unpaired) electrons. The van der Waals surface area contributed by atoms with E-state index < -0.39 is 0 Å². The van der Waals surface area contributed by atoms with Gasteiger partial charge in [0, 0.05) is 18.8 Å². The standard InChI is InChI=1S/C17H19NO2/c1-12-9-13(2)17(16(10-12)20-3)15(19)7-6-14-5-4-8-18-11-14/h4-5,8-11H,6-7H2,1-3H3. The number of pyridine rings is 1. The van der Waals surface area contributed by atoms with Gasteiger partial charge in [-0.15, -0.1) is 0 Å². The van der Waals surface area contributed by atoms with Crippen LogP contribution in [0.1, 0.15) is 33.5 Å². The highest BCUT2D eigenvalue weighted by Crippen LogP contribution is 2.26. The number of aryl methyl sites for hydroxylation is 3. The number of carbonyl (C=O) groups is 1. The second-order valence-corrected chi connectivity index (χ2v) is 4.94. The van der Waals surface area contributed by atoms with Gasteiger partial charge in [0.15, 0.2) is 5.78 Å². The van der Waals surface area contributed by atoms with Crippen molar-refractivity contribution < 1.29 is 9.53 Å². The molecule has 2 rings (SSSR count). The highest BCUT2D eigenvalue weighted by atomic mass is 16.5. The van der Waals surface area contributed by atoms with Gasteiger partial charge in [-0.1, -0.05) is 12.1 Å². The predicted octanol–water partition coefficient (Wildman–Crippen LogP) is 3.52. The predicted molar refractivity (Wildman–Crippen MR) is 79.4 cm³/mol. The average molecular weight is 269 g/mol. The molecule has 0 spiro atoms. The van der Waals surface area contributed by atoms with Crippen molar-refractivity contribution in [2.45, 2.75) is 26.7 Å². The van der Waals surface area contributed by atoms with E-state index in [1.54, 1.807) is 19.5 Å². The van der Waals surface area contributed by atoms with E-state index in [0.717, 1.165) is 16.7 Å². The van der Waals surface area contributed by atoms with E-state index >= 15 is 0 Å². The third-order valence-electron chi connectivity index (χ3n) is 3.31. The number of hydrogen-bond donors (Lipinski definition) is 0. The van der Waals surface area contributed by atoms with Crippen LogP contribution in [0.5, 0.6) is 5.75 Å². The number of ether oxygens (including phenoxy) is 1. The summed E-state index contributed by atoms with van der Waals surface area (Å²) in [5.74, 6) is 0.780. The van der Waals surface area contributed by atoms with Crippen LogP contribution in [0.4, 0.5) is 0 Å². The maximum atomic E-state index is 12.4. The largest absolute Gasteiger partial charge is 0.496 e. The van der Waals surface area contributed by atoms with Crippen LogP contribution in [0.25, 0.3) is 0 Å². The van der Waals surface area contributed by atoms with Crippen molar-refractivity contribution in [1.29, 1.82) is 0 Å². The van der Waals surface area contributed by atoms with Gasteiger partial charge in [0.1, 0.15) is 5.75 Å². The zero-order chi connectivity index (χ0) is 14.5. The summed E-state index contributed by atoms with van der Waals surface area (Å²) in [6.45, 7) is 3.95. The lowest BCUT2D eigenvalue weighted by molar-refractivity contribution is 0.0979. The van der Waals surface area contributed by atoms with Crippen molar-refractivity contribution in [3.05, 3.63) is 58.9 Å². The summed E-state index contributed by atoms with van der Waals surface area (Å²) in [5, 5.41) is 0. The Morgan fingerprint density at radius 2 is 2.10 bits per heavy atom. The molecule has 3 nitrogen and oxygen atoms in total. The first-order chi connectivity index (χ1) is 9.61. The van der Waals surface area contributed by atoms with Crippen LogP contribution >= 0.6 is 0 Å². The molecule has 0 N–H and O–H groups in total. The van der Waals surface area contributed by atoms with E-state index in [1.165, 1.54) is 0 Å². The smallest absolute Gasteiger partial charge is 0.167 e. The van der Waals surface area contributed by atoms with Gasteiger partial charge in [0.05, 0.1) is 12.7 Å². The van der Waals surface area contributed by atoms with Crippen LogP contribution in [0.15, 0.2) is 36.7 Å². The van der Waals surface area contributed by atoms with Gasteiger partial charge in [0.25, 0.3) is 0 Å². The summed E-state index contributed by atoms with van der Waals surface area (Å²) in [6, 6.07) is 7.79. The lowest BCUT2D eigenvalue weighted by Gasteiger charge is -2.12. The van der Waals surface area contributed by atoms with Crippen molar-refractivity contribution in [3.63, 3.8) is 0 Å². The highest BCUT2D eigenvalue weighted by molar-refractivity contribution is 6.00. The molecule has 1 aromatic heterocycles. The Balaban J connectivity index is 2.17. The molecule has 20 heavy (non-hydrogen) atoms. The Kier molecular flexibility index (Phi) is 4.51. The summed E-state index contributed by atoms with van der Waals surface area (Å²) < 4.78 is 5.35. The fourth-order valence-corrected chi connectivity index (χ4v) is 2.38. The monoisotopic (exact) mass is 269 g/mol. The fraction of sp³-hybridized carbons (Fsp3) is 0.294. The molecule has 0 aliphatic heterocycles. The molecule has 0 aliphatic carbocycles. The second kappa shape index (κ2) is 6.33. The molecule has 0 atom stereocenters. The van der Waals surface area contributed by atoms with Crippen LogP contribution in [0, 0.1) is 13.8 Å². The maximum absolute atomic E-state index is 12.4. The number of nitrogens with zero attached hydrogens (tertiary/aromatic N) is 1. The van der Waals surface area contributed by atoms with Gasteiger partial charge in [-0.3, -0.25) is 9.78 Å². The summed E-state index contributed by atoms with van der Waals surface area (Å²) in [4.78, 5) is 16.5. The third-order valence-corrected chi connectivity index (χ3v) is 3.31. The normalized spacial score (nSPS) is 10.3. The minimum atomic E-state index is 0.114. The molecule has 0 unspecified atom stereocenters. The van der Waals surface area contributed by atoms with Crippen LogP contribution in [-0.2, 0) is 6.42 Å². The lowest BCUT2D eigenvalue weighted by atomic mass is 9.97. The quantitative estimate of drug-likeness (QED) is 0.780. The van der Waals surface area contributed by atoms with Crippen LogP contribution in [0.3, 0.4) is 0 Å². The Morgan fingerprint density at radius 1 is 1.30 bits per heavy atom. The van der Waals surface area contributed by atoms with E-state index in [1.807, 2.05) is 38.1 Å². The minimum Gasteiger partial charge on any atom is -0.496 e. The van der Waals surface area contributed by atoms with Crippen molar-refractivity contribution in [1.82, 2.24) is 4.98 Å². The van der Waals surface area contributed by atoms with E-state index in [4.69, 9.17) is 4.74 Å². The molecular weight excluding hydrogens is 250 g/mol. The van der Waals surface area contributed by atoms with Gasteiger partial charge in [0.2, 0.25) is 0 Å². The first kappa shape index (κ1) is 14.3. The molecule has 0 saturated carbocycles. The van der Waals surface area contributed by atoms with Crippen LogP contribution < -0.4 is 4.74 Å². The molecule has 3 heteroatoms. The molecule has 0 saturated heterocycles. The molecule has 1 aromatic carbocycles. The topological polar surface area (TPSA) is 39.2 Å². The van der Waals surface area contributed by atoms with E-state index in [2.05, 4.69) is 4.98 Å². The molecule has 1 heterocycles. The Bertz CT molecular complexity index is 606. The van der Waals surface area contributed by atoms with Crippen molar-refractivity contribution in [2.24, 2.45) is 0 Å². The summed E-state index contributed by atoms with van der Waals surface area (Å²) >= 11 is 0. The van der Waals surface area contributed by atoms with Gasteiger partial charge in [-0.05, 0) is 49.1 Å². The van der Waals surface area contributed by atoms with E-state index in [9.17, 15) is 4.79 Å². The minimum absolute atomic E-state index is 0.114. The average Bonchev–Trinajstić information content (AvgIpc) is 2.45. The van der Waals surface area contributed by atoms with Crippen LogP contribution in [-0.4, -0.2) is 17.9 Å². The Labute approximate surface area is 119 Å². The molecule has 0 amide bonds. The number of methoxy groups -OCH3 is 1. The summed E-state index contributed by atoms with van der Waals surface area (Å²) in [7, 11) is 1.60. The third kappa shape index (κ3) is 3.23. The number of hydrogen-bond acceptors (Lipinski definition) is 3. The van der Waals surface area contributed by atoms with Gasteiger partial charge >= 0.3 is 0 Å². The van der Waals surface area contributed by atoms with Gasteiger partial charge in [-0.2, -0.15) is 0 Å². The lowest BCUT2D eigenvalue weighted by Crippen LogP contribution is -2.07. The zero-order valence-electron chi connectivity index (χ0n) is 12.1. The van der Waals surface area contributed by atoms with E-state index in [0.29, 0.717) is 24.2 Å². The highest BCUT2D eigenvalue weighted by Gasteiger charge is 2.15. The van der Waals surface area contributed by atoms with Crippen molar-refractivity contribution in [3.8, 4) is 5.75 Å². The second-order valence-electron chi connectivity index (χ2n) is 4.94. The maximum Gasteiger partial charge on any atom is 0.167 e. The first-order valence-electron chi connectivity index (χ1n) is 6.69. The number of benzene rings is 1. The Morgan fingerprint density at radius 3 is 2.75 bits per heavy atom. The molecule has 0 fully saturated rings. The van der Waals surface area contributed by atoms with Gasteiger partial charge in [-0.25, -0.2) is 0 Å². The molecule has 0 aliphatic rings. The van der Waals surface area contributed by atoms with Crippen molar-refractivity contribution in [2.75, 3.05) is 7.11 Å². The fourth-order valence-electron chi connectivity index (χ4n) is 2.38. The van der Waals surface area contributed by atoms with Gasteiger partial charge < -0.3 is 4.74 Å². The zero-order valence-corrected chi connectivity index (χ0v) is 12.1. The number of Topliss-reactive ketones (excluding diaryl/α,β-unsaturated/α-hetero) is 1. The number of carbonyl (C=O) groups excluding carboxylic acids is 1.